The molecule has 0 aliphatic carbocycles. The van der Waals surface area contributed by atoms with Gasteiger partial charge in [-0.2, -0.15) is 0 Å². The molecule has 26 heavy (non-hydrogen) atoms. The molecule has 0 spiro atoms. The van der Waals surface area contributed by atoms with Gasteiger partial charge < -0.3 is 14.5 Å². The van der Waals surface area contributed by atoms with E-state index in [1.54, 1.807) is 6.26 Å². The molecule has 1 fully saturated rings. The first-order valence-corrected chi connectivity index (χ1v) is 9.52. The van der Waals surface area contributed by atoms with Gasteiger partial charge in [0.2, 0.25) is 5.91 Å². The van der Waals surface area contributed by atoms with E-state index in [2.05, 4.69) is 50.0 Å². The van der Waals surface area contributed by atoms with Crippen LogP contribution in [0.1, 0.15) is 30.5 Å². The average Bonchev–Trinajstić information content (AvgIpc) is 3.02. The summed E-state index contributed by atoms with van der Waals surface area (Å²) in [6, 6.07) is 4.48. The van der Waals surface area contributed by atoms with E-state index in [4.69, 9.17) is 9.15 Å². The number of hydrogen-bond donors (Lipinski definition) is 1. The van der Waals surface area contributed by atoms with Crippen LogP contribution in [0.4, 0.5) is 0 Å². The fourth-order valence-electron chi connectivity index (χ4n) is 3.67. The molecular weight excluding hydrogens is 328 g/mol. The summed E-state index contributed by atoms with van der Waals surface area (Å²) in [5.74, 6) is 0.526. The second-order valence-electron chi connectivity index (χ2n) is 7.59. The van der Waals surface area contributed by atoms with Crippen LogP contribution in [0.25, 0.3) is 11.0 Å². The molecule has 2 aromatic rings. The van der Waals surface area contributed by atoms with Gasteiger partial charge in [-0.1, -0.05) is 26.0 Å². The summed E-state index contributed by atoms with van der Waals surface area (Å²) < 4.78 is 11.2. The van der Waals surface area contributed by atoms with E-state index in [-0.39, 0.29) is 5.91 Å². The Hall–Kier alpha value is -1.85. The Balaban J connectivity index is 1.62. The Morgan fingerprint density at radius 3 is 2.65 bits per heavy atom. The van der Waals surface area contributed by atoms with Gasteiger partial charge in [0, 0.05) is 36.6 Å². The van der Waals surface area contributed by atoms with Crippen LogP contribution in [0.3, 0.4) is 0 Å². The minimum absolute atomic E-state index is 0.0461. The quantitative estimate of drug-likeness (QED) is 0.862. The molecule has 5 heteroatoms. The third-order valence-electron chi connectivity index (χ3n) is 5.49. The van der Waals surface area contributed by atoms with Gasteiger partial charge in [0.1, 0.15) is 5.58 Å². The van der Waals surface area contributed by atoms with Crippen molar-refractivity contribution in [2.45, 2.75) is 40.2 Å². The highest BCUT2D eigenvalue weighted by molar-refractivity contribution is 5.89. The maximum Gasteiger partial charge on any atom is 0.224 e. The predicted octanol–water partition coefficient (Wildman–Crippen LogP) is 3.07. The number of carbonyl (C=O) groups is 1. The number of aryl methyl sites for hydroxylation is 2. The van der Waals surface area contributed by atoms with Gasteiger partial charge >= 0.3 is 0 Å². The first kappa shape index (κ1) is 18.9. The number of morpholine rings is 1. The zero-order chi connectivity index (χ0) is 18.7. The van der Waals surface area contributed by atoms with E-state index in [9.17, 15) is 4.79 Å². The fourth-order valence-corrected chi connectivity index (χ4v) is 3.67. The smallest absolute Gasteiger partial charge is 0.224 e. The average molecular weight is 358 g/mol. The summed E-state index contributed by atoms with van der Waals surface area (Å²) in [5.41, 5.74) is 4.18. The minimum atomic E-state index is 0.0461. The van der Waals surface area contributed by atoms with Crippen molar-refractivity contribution in [1.29, 1.82) is 0 Å². The highest BCUT2D eigenvalue weighted by Gasteiger charge is 2.24. The van der Waals surface area contributed by atoms with Gasteiger partial charge in [-0.25, -0.2) is 0 Å². The number of amides is 1. The van der Waals surface area contributed by atoms with Gasteiger partial charge in [-0.05, 0) is 30.9 Å². The molecule has 1 saturated heterocycles. The summed E-state index contributed by atoms with van der Waals surface area (Å²) in [7, 11) is 0. The van der Waals surface area contributed by atoms with E-state index in [0.717, 1.165) is 48.4 Å². The number of benzene rings is 1. The molecule has 1 aliphatic rings. The highest BCUT2D eigenvalue weighted by Crippen LogP contribution is 2.26. The predicted molar refractivity (Wildman–Crippen MR) is 103 cm³/mol. The first-order chi connectivity index (χ1) is 12.5. The first-order valence-electron chi connectivity index (χ1n) is 9.52. The number of fused-ring (bicyclic) bond motifs is 1. The van der Waals surface area contributed by atoms with Crippen LogP contribution in [0.2, 0.25) is 0 Å². The van der Waals surface area contributed by atoms with Gasteiger partial charge in [-0.15, -0.1) is 0 Å². The molecule has 5 nitrogen and oxygen atoms in total. The van der Waals surface area contributed by atoms with Gasteiger partial charge in [0.25, 0.3) is 0 Å². The molecule has 0 bridgehead atoms. The Kier molecular flexibility index (Phi) is 5.99. The van der Waals surface area contributed by atoms with Gasteiger partial charge in [-0.3, -0.25) is 9.69 Å². The van der Waals surface area contributed by atoms with Crippen LogP contribution in [-0.4, -0.2) is 49.7 Å². The molecule has 1 aliphatic heterocycles. The molecule has 3 rings (SSSR count). The molecule has 1 N–H and O–H groups in total. The van der Waals surface area contributed by atoms with E-state index in [1.807, 2.05) is 0 Å². The van der Waals surface area contributed by atoms with E-state index in [0.29, 0.717) is 24.9 Å². The summed E-state index contributed by atoms with van der Waals surface area (Å²) in [6.07, 6.45) is 2.07. The Morgan fingerprint density at radius 1 is 1.23 bits per heavy atom. The lowest BCUT2D eigenvalue weighted by Crippen LogP contribution is -2.51. The number of rotatable bonds is 6. The number of carbonyl (C=O) groups excluding carboxylic acids is 1. The summed E-state index contributed by atoms with van der Waals surface area (Å²) >= 11 is 0. The second kappa shape index (κ2) is 8.23. The molecule has 1 unspecified atom stereocenters. The number of nitrogens with one attached hydrogen (secondary N) is 1. The number of ether oxygens (including phenoxy) is 1. The lowest BCUT2D eigenvalue weighted by molar-refractivity contribution is -0.120. The van der Waals surface area contributed by atoms with Crippen LogP contribution < -0.4 is 5.32 Å². The van der Waals surface area contributed by atoms with Gasteiger partial charge in [0.05, 0.1) is 25.9 Å². The van der Waals surface area contributed by atoms with Crippen molar-refractivity contribution in [2.75, 3.05) is 32.8 Å². The Bertz CT molecular complexity index is 760. The van der Waals surface area contributed by atoms with Crippen molar-refractivity contribution in [3.05, 3.63) is 35.1 Å². The topological polar surface area (TPSA) is 54.7 Å². The fraction of sp³-hybridized carbons (Fsp3) is 0.571. The Labute approximate surface area is 155 Å². The van der Waals surface area contributed by atoms with Crippen molar-refractivity contribution >= 4 is 16.9 Å². The SMILES string of the molecule is Cc1ccc2c(CC(=O)NCC(C(C)C)N3CCOCC3)coc2c1C. The van der Waals surface area contributed by atoms with Crippen molar-refractivity contribution < 1.29 is 13.9 Å². The third kappa shape index (κ3) is 4.10. The molecule has 0 radical (unpaired) electrons. The minimum Gasteiger partial charge on any atom is -0.464 e. The molecule has 142 valence electrons. The largest absolute Gasteiger partial charge is 0.464 e. The summed E-state index contributed by atoms with van der Waals surface area (Å²) in [4.78, 5) is 14.9. The van der Waals surface area contributed by atoms with Crippen molar-refractivity contribution in [3.8, 4) is 0 Å². The van der Waals surface area contributed by atoms with Crippen molar-refractivity contribution in [1.82, 2.24) is 10.2 Å². The van der Waals surface area contributed by atoms with E-state index >= 15 is 0 Å². The molecule has 1 aromatic heterocycles. The van der Waals surface area contributed by atoms with Crippen LogP contribution in [-0.2, 0) is 16.0 Å². The van der Waals surface area contributed by atoms with Crippen LogP contribution >= 0.6 is 0 Å². The lowest BCUT2D eigenvalue weighted by Gasteiger charge is -2.36. The van der Waals surface area contributed by atoms with Crippen LogP contribution in [0, 0.1) is 19.8 Å². The summed E-state index contributed by atoms with van der Waals surface area (Å²) in [6.45, 7) is 12.6. The monoisotopic (exact) mass is 358 g/mol. The third-order valence-corrected chi connectivity index (χ3v) is 5.49. The maximum absolute atomic E-state index is 12.5. The zero-order valence-corrected chi connectivity index (χ0v) is 16.3. The molecular formula is C21H30N2O3. The lowest BCUT2D eigenvalue weighted by atomic mass is 10.0. The molecule has 1 aromatic carbocycles. The molecule has 1 amide bonds. The number of hydrogen-bond acceptors (Lipinski definition) is 4. The maximum atomic E-state index is 12.5. The van der Waals surface area contributed by atoms with Crippen LogP contribution in [0.5, 0.6) is 0 Å². The Morgan fingerprint density at radius 2 is 1.96 bits per heavy atom. The van der Waals surface area contributed by atoms with Crippen molar-refractivity contribution in [2.24, 2.45) is 5.92 Å². The second-order valence-corrected chi connectivity index (χ2v) is 7.59. The van der Waals surface area contributed by atoms with E-state index in [1.165, 1.54) is 5.56 Å². The summed E-state index contributed by atoms with van der Waals surface area (Å²) in [5, 5.41) is 4.17. The van der Waals surface area contributed by atoms with Crippen LogP contribution in [0.15, 0.2) is 22.8 Å². The van der Waals surface area contributed by atoms with Crippen molar-refractivity contribution in [3.63, 3.8) is 0 Å². The molecule has 2 heterocycles. The van der Waals surface area contributed by atoms with Gasteiger partial charge in [0.15, 0.2) is 0 Å². The molecule has 1 atom stereocenters. The number of furan rings is 1. The zero-order valence-electron chi connectivity index (χ0n) is 16.3. The normalized spacial score (nSPS) is 17.0. The highest BCUT2D eigenvalue weighted by atomic mass is 16.5. The standard InChI is InChI=1S/C21H30N2O3/c1-14(2)19(23-7-9-25-10-8-23)12-22-20(24)11-17-13-26-21-16(4)15(3)5-6-18(17)21/h5-6,13-14,19H,7-12H2,1-4H3,(H,22,24). The molecule has 0 saturated carbocycles. The van der Waals surface area contributed by atoms with E-state index < -0.39 is 0 Å². The number of nitrogens with zero attached hydrogens (tertiary/aromatic N) is 1.